The van der Waals surface area contributed by atoms with Crippen molar-refractivity contribution in [1.29, 1.82) is 0 Å². The van der Waals surface area contributed by atoms with Crippen molar-refractivity contribution in [3.05, 3.63) is 102 Å². The highest BCUT2D eigenvalue weighted by atomic mass is 19.4. The number of amides is 1. The molecule has 34 heavy (non-hydrogen) atoms. The van der Waals surface area contributed by atoms with Crippen molar-refractivity contribution in [2.45, 2.75) is 25.2 Å². The molecular weight excluding hydrogens is 449 g/mol. The maximum Gasteiger partial charge on any atom is 0.573 e. The lowest BCUT2D eigenvalue weighted by Crippen LogP contribution is -2.31. The third-order valence-corrected chi connectivity index (χ3v) is 5.34. The fourth-order valence-electron chi connectivity index (χ4n) is 3.89. The number of benzene rings is 2. The molecule has 6 nitrogen and oxygen atoms in total. The smallest absolute Gasteiger partial charge is 0.503 e. The zero-order valence-corrected chi connectivity index (χ0v) is 17.7. The molecule has 0 fully saturated rings. The van der Waals surface area contributed by atoms with Gasteiger partial charge in [-0.1, -0.05) is 36.4 Å². The van der Waals surface area contributed by atoms with E-state index >= 15 is 0 Å². The molecule has 1 unspecified atom stereocenters. The number of hydrogen-bond acceptors (Lipinski definition) is 5. The Morgan fingerprint density at radius 3 is 2.41 bits per heavy atom. The van der Waals surface area contributed by atoms with E-state index in [1.165, 1.54) is 24.5 Å². The summed E-state index contributed by atoms with van der Waals surface area (Å²) in [5.74, 6) is -2.60. The molecule has 1 aliphatic rings. The summed E-state index contributed by atoms with van der Waals surface area (Å²) < 4.78 is 42.1. The van der Waals surface area contributed by atoms with Crippen LogP contribution in [0.15, 0.2) is 90.5 Å². The number of alkyl halides is 3. The van der Waals surface area contributed by atoms with E-state index in [1.807, 2.05) is 30.3 Å². The molecule has 174 valence electrons. The highest BCUT2D eigenvalue weighted by molar-refractivity contribution is 6.16. The molecule has 0 saturated carbocycles. The molecule has 3 aromatic rings. The summed E-state index contributed by atoms with van der Waals surface area (Å²) in [4.78, 5) is 31.3. The van der Waals surface area contributed by atoms with Crippen LogP contribution in [0.1, 0.15) is 23.6 Å². The minimum Gasteiger partial charge on any atom is -0.503 e. The van der Waals surface area contributed by atoms with Gasteiger partial charge in [0.25, 0.3) is 5.91 Å². The zero-order valence-electron chi connectivity index (χ0n) is 17.7. The Hall–Kier alpha value is -4.14. The highest BCUT2D eigenvalue weighted by Crippen LogP contribution is 2.42. The number of aryl methyl sites for hydroxylation is 1. The van der Waals surface area contributed by atoms with Gasteiger partial charge in [0.05, 0.1) is 11.6 Å². The monoisotopic (exact) mass is 468 g/mol. The molecule has 0 aliphatic carbocycles. The first kappa shape index (κ1) is 23.0. The van der Waals surface area contributed by atoms with E-state index in [4.69, 9.17) is 0 Å². The number of carbonyl (C=O) groups excluding carboxylic acids is 2. The van der Waals surface area contributed by atoms with E-state index in [1.54, 1.807) is 12.1 Å². The molecule has 1 amide bonds. The highest BCUT2D eigenvalue weighted by Gasteiger charge is 2.44. The zero-order chi connectivity index (χ0) is 24.3. The van der Waals surface area contributed by atoms with Gasteiger partial charge in [-0.3, -0.25) is 19.5 Å². The number of ether oxygens (including phenoxy) is 1. The third kappa shape index (κ3) is 4.93. The average molecular weight is 468 g/mol. The summed E-state index contributed by atoms with van der Waals surface area (Å²) in [5, 5.41) is 10.7. The molecule has 1 N–H and O–H groups in total. The number of anilines is 1. The fourth-order valence-corrected chi connectivity index (χ4v) is 3.89. The largest absolute Gasteiger partial charge is 0.573 e. The van der Waals surface area contributed by atoms with Crippen LogP contribution in [0.25, 0.3) is 0 Å². The van der Waals surface area contributed by atoms with Gasteiger partial charge in [0, 0.05) is 30.6 Å². The number of aliphatic hydroxyl groups is 1. The Morgan fingerprint density at radius 1 is 1.03 bits per heavy atom. The molecule has 2 aromatic carbocycles. The van der Waals surface area contributed by atoms with Crippen LogP contribution in [0, 0.1) is 0 Å². The molecule has 0 radical (unpaired) electrons. The summed E-state index contributed by atoms with van der Waals surface area (Å²) in [6, 6.07) is 16.2. The number of aromatic nitrogens is 1. The molecule has 0 spiro atoms. The van der Waals surface area contributed by atoms with E-state index in [2.05, 4.69) is 9.72 Å². The number of aliphatic hydroxyl groups excluding tert-OH is 1. The molecule has 1 aliphatic heterocycles. The van der Waals surface area contributed by atoms with Gasteiger partial charge >= 0.3 is 6.36 Å². The standard InChI is InChI=1S/C25H19F3N2O4/c26-25(27,28)34-19-8-4-7-18(15-19)30-22(17-11-13-29-14-12-17)21(23(32)24(30)33)20(31)10-9-16-5-2-1-3-6-16/h1-8,11-15,22,32H,9-10H2. The first-order chi connectivity index (χ1) is 16.2. The Morgan fingerprint density at radius 2 is 1.74 bits per heavy atom. The maximum absolute atomic E-state index is 13.2. The van der Waals surface area contributed by atoms with E-state index in [0.717, 1.165) is 22.6 Å². The van der Waals surface area contributed by atoms with Gasteiger partial charge < -0.3 is 9.84 Å². The van der Waals surface area contributed by atoms with Crippen LogP contribution in [0.4, 0.5) is 18.9 Å². The summed E-state index contributed by atoms with van der Waals surface area (Å²) >= 11 is 0. The van der Waals surface area contributed by atoms with Gasteiger partial charge in [0.2, 0.25) is 0 Å². The lowest BCUT2D eigenvalue weighted by atomic mass is 9.93. The van der Waals surface area contributed by atoms with Crippen molar-refractivity contribution in [2.75, 3.05) is 4.90 Å². The number of ketones is 1. The predicted molar refractivity (Wildman–Crippen MR) is 117 cm³/mol. The number of pyridine rings is 1. The van der Waals surface area contributed by atoms with Crippen LogP contribution in [-0.2, 0) is 16.0 Å². The second-order valence-corrected chi connectivity index (χ2v) is 7.57. The van der Waals surface area contributed by atoms with Gasteiger partial charge in [0.1, 0.15) is 5.75 Å². The Kier molecular flexibility index (Phi) is 6.36. The summed E-state index contributed by atoms with van der Waals surface area (Å²) in [7, 11) is 0. The molecule has 9 heteroatoms. The van der Waals surface area contributed by atoms with Crippen molar-refractivity contribution < 1.29 is 32.6 Å². The fraction of sp³-hybridized carbons (Fsp3) is 0.160. The van der Waals surface area contributed by atoms with E-state index in [9.17, 15) is 27.9 Å². The van der Waals surface area contributed by atoms with Gasteiger partial charge in [-0.15, -0.1) is 13.2 Å². The first-order valence-corrected chi connectivity index (χ1v) is 10.3. The van der Waals surface area contributed by atoms with Crippen LogP contribution in [-0.4, -0.2) is 28.1 Å². The summed E-state index contributed by atoms with van der Waals surface area (Å²) in [5.41, 5.74) is 1.30. The molecule has 0 bridgehead atoms. The summed E-state index contributed by atoms with van der Waals surface area (Å²) in [6.07, 6.45) is -1.58. The van der Waals surface area contributed by atoms with Crippen molar-refractivity contribution in [2.24, 2.45) is 0 Å². The minimum absolute atomic E-state index is 0.0311. The third-order valence-electron chi connectivity index (χ3n) is 5.34. The maximum atomic E-state index is 13.2. The van der Waals surface area contributed by atoms with Crippen LogP contribution in [0.3, 0.4) is 0 Å². The average Bonchev–Trinajstić information content (AvgIpc) is 3.08. The van der Waals surface area contributed by atoms with Crippen LogP contribution in [0.2, 0.25) is 0 Å². The number of rotatable bonds is 7. The van der Waals surface area contributed by atoms with E-state index in [0.29, 0.717) is 12.0 Å². The second-order valence-electron chi connectivity index (χ2n) is 7.57. The summed E-state index contributed by atoms with van der Waals surface area (Å²) in [6.45, 7) is 0. The number of Topliss-reactive ketones (excluding diaryl/α,β-unsaturated/α-hetero) is 1. The molecule has 4 rings (SSSR count). The SMILES string of the molecule is O=C(CCc1ccccc1)C1=C(O)C(=O)N(c2cccc(OC(F)(F)F)c2)C1c1ccncc1. The van der Waals surface area contributed by atoms with Gasteiger partial charge in [-0.2, -0.15) is 0 Å². The first-order valence-electron chi connectivity index (χ1n) is 10.3. The second kappa shape index (κ2) is 9.38. The molecule has 1 atom stereocenters. The van der Waals surface area contributed by atoms with Crippen molar-refractivity contribution in [1.82, 2.24) is 4.98 Å². The quantitative estimate of drug-likeness (QED) is 0.523. The normalized spacial score (nSPS) is 16.1. The van der Waals surface area contributed by atoms with Crippen molar-refractivity contribution >= 4 is 17.4 Å². The number of nitrogens with zero attached hydrogens (tertiary/aromatic N) is 2. The minimum atomic E-state index is -4.92. The van der Waals surface area contributed by atoms with Gasteiger partial charge in [-0.05, 0) is 41.8 Å². The van der Waals surface area contributed by atoms with Gasteiger partial charge in [0.15, 0.2) is 11.5 Å². The molecule has 0 saturated heterocycles. The molecular formula is C25H19F3N2O4. The van der Waals surface area contributed by atoms with Crippen molar-refractivity contribution in [3.8, 4) is 5.75 Å². The number of hydrogen-bond donors (Lipinski definition) is 1. The predicted octanol–water partition coefficient (Wildman–Crippen LogP) is 5.08. The Labute approximate surface area is 192 Å². The number of carbonyl (C=O) groups is 2. The lowest BCUT2D eigenvalue weighted by Gasteiger charge is -2.27. The molecule has 2 heterocycles. The van der Waals surface area contributed by atoms with E-state index < -0.39 is 35.6 Å². The Bertz CT molecular complexity index is 1230. The Balaban J connectivity index is 1.70. The van der Waals surface area contributed by atoms with Crippen LogP contribution < -0.4 is 9.64 Å². The van der Waals surface area contributed by atoms with E-state index in [-0.39, 0.29) is 17.7 Å². The molecule has 1 aromatic heterocycles. The van der Waals surface area contributed by atoms with Crippen LogP contribution in [0.5, 0.6) is 5.75 Å². The van der Waals surface area contributed by atoms with Crippen molar-refractivity contribution in [3.63, 3.8) is 0 Å². The lowest BCUT2D eigenvalue weighted by molar-refractivity contribution is -0.274. The topological polar surface area (TPSA) is 79.7 Å². The van der Waals surface area contributed by atoms with Crippen LogP contribution >= 0.6 is 0 Å². The number of halogens is 3. The van der Waals surface area contributed by atoms with Gasteiger partial charge in [-0.25, -0.2) is 0 Å².